The van der Waals surface area contributed by atoms with Crippen LogP contribution in [-0.4, -0.2) is 12.9 Å². The second kappa shape index (κ2) is 3.45. The summed E-state index contributed by atoms with van der Waals surface area (Å²) in [6.07, 6.45) is 1.56. The number of ketones is 1. The third-order valence-corrected chi connectivity index (χ3v) is 2.94. The van der Waals surface area contributed by atoms with E-state index in [4.69, 9.17) is 4.74 Å². The molecule has 0 saturated carbocycles. The van der Waals surface area contributed by atoms with Gasteiger partial charge in [0.15, 0.2) is 0 Å². The molecule has 0 unspecified atom stereocenters. The Morgan fingerprint density at radius 1 is 1.36 bits per heavy atom. The lowest BCUT2D eigenvalue weighted by Crippen LogP contribution is -2.17. The average molecular weight is 190 g/mol. The van der Waals surface area contributed by atoms with Crippen LogP contribution in [0.25, 0.3) is 0 Å². The lowest BCUT2D eigenvalue weighted by molar-refractivity contribution is -0.120. The highest BCUT2D eigenvalue weighted by Crippen LogP contribution is 2.31. The first kappa shape index (κ1) is 9.25. The SMILES string of the molecule is COc1ccc2c(c1)[C@@H](C)C(=O)CC2. The second-order valence-corrected chi connectivity index (χ2v) is 3.75. The van der Waals surface area contributed by atoms with Gasteiger partial charge in [-0.2, -0.15) is 0 Å². The van der Waals surface area contributed by atoms with Gasteiger partial charge < -0.3 is 4.74 Å². The maximum absolute atomic E-state index is 11.5. The van der Waals surface area contributed by atoms with Crippen molar-refractivity contribution in [3.05, 3.63) is 29.3 Å². The summed E-state index contributed by atoms with van der Waals surface area (Å²) < 4.78 is 5.15. The fourth-order valence-corrected chi connectivity index (χ4v) is 1.98. The van der Waals surface area contributed by atoms with Crippen molar-refractivity contribution in [1.29, 1.82) is 0 Å². The molecule has 0 amide bonds. The molecule has 0 aromatic heterocycles. The lowest BCUT2D eigenvalue weighted by atomic mass is 9.83. The van der Waals surface area contributed by atoms with Crippen LogP contribution in [0, 0.1) is 0 Å². The van der Waals surface area contributed by atoms with Crippen molar-refractivity contribution < 1.29 is 9.53 Å². The molecule has 14 heavy (non-hydrogen) atoms. The highest BCUT2D eigenvalue weighted by Gasteiger charge is 2.23. The van der Waals surface area contributed by atoms with Gasteiger partial charge in [0.1, 0.15) is 11.5 Å². The van der Waals surface area contributed by atoms with Crippen LogP contribution < -0.4 is 4.74 Å². The van der Waals surface area contributed by atoms with Crippen molar-refractivity contribution in [3.63, 3.8) is 0 Å². The second-order valence-electron chi connectivity index (χ2n) is 3.75. The Kier molecular flexibility index (Phi) is 2.28. The molecule has 0 bridgehead atoms. The first-order valence-corrected chi connectivity index (χ1v) is 4.92. The van der Waals surface area contributed by atoms with Crippen LogP contribution in [0.4, 0.5) is 0 Å². The summed E-state index contributed by atoms with van der Waals surface area (Å²) in [7, 11) is 1.65. The molecule has 2 heteroatoms. The summed E-state index contributed by atoms with van der Waals surface area (Å²) in [4.78, 5) is 11.5. The molecule has 74 valence electrons. The fourth-order valence-electron chi connectivity index (χ4n) is 1.98. The van der Waals surface area contributed by atoms with Crippen LogP contribution in [0.2, 0.25) is 0 Å². The molecule has 0 spiro atoms. The van der Waals surface area contributed by atoms with Gasteiger partial charge in [-0.15, -0.1) is 0 Å². The van der Waals surface area contributed by atoms with Gasteiger partial charge in [-0.25, -0.2) is 0 Å². The largest absolute Gasteiger partial charge is 0.497 e. The number of benzene rings is 1. The molecule has 1 aliphatic carbocycles. The van der Waals surface area contributed by atoms with Crippen molar-refractivity contribution in [2.75, 3.05) is 7.11 Å². The monoisotopic (exact) mass is 190 g/mol. The standard InChI is InChI=1S/C12H14O2/c1-8-11-7-10(14-2)5-3-9(11)4-6-12(8)13/h3,5,7-8H,4,6H2,1-2H3/t8-/m1/s1. The van der Waals surface area contributed by atoms with E-state index in [1.54, 1.807) is 7.11 Å². The number of fused-ring (bicyclic) bond motifs is 1. The van der Waals surface area contributed by atoms with Gasteiger partial charge in [0.05, 0.1) is 7.11 Å². The Morgan fingerprint density at radius 3 is 2.86 bits per heavy atom. The minimum absolute atomic E-state index is 0.0360. The van der Waals surface area contributed by atoms with E-state index in [1.165, 1.54) is 5.56 Å². The Hall–Kier alpha value is -1.31. The van der Waals surface area contributed by atoms with E-state index < -0.39 is 0 Å². The van der Waals surface area contributed by atoms with E-state index in [-0.39, 0.29) is 5.92 Å². The third kappa shape index (κ3) is 1.41. The van der Waals surface area contributed by atoms with Gasteiger partial charge in [0.25, 0.3) is 0 Å². The molecule has 0 aliphatic heterocycles. The van der Waals surface area contributed by atoms with E-state index in [1.807, 2.05) is 19.1 Å². The summed E-state index contributed by atoms with van der Waals surface area (Å²) in [5.41, 5.74) is 2.43. The van der Waals surface area contributed by atoms with Gasteiger partial charge in [0.2, 0.25) is 0 Å². The number of hydrogen-bond acceptors (Lipinski definition) is 2. The van der Waals surface area contributed by atoms with Crippen LogP contribution in [0.3, 0.4) is 0 Å². The van der Waals surface area contributed by atoms with E-state index in [2.05, 4.69) is 6.07 Å². The molecule has 0 fully saturated rings. The number of Topliss-reactive ketones (excluding diaryl/α,β-unsaturated/α-hetero) is 1. The van der Waals surface area contributed by atoms with Crippen molar-refractivity contribution in [2.24, 2.45) is 0 Å². The van der Waals surface area contributed by atoms with Crippen LogP contribution >= 0.6 is 0 Å². The van der Waals surface area contributed by atoms with E-state index in [0.717, 1.165) is 17.7 Å². The number of rotatable bonds is 1. The molecule has 1 aromatic rings. The smallest absolute Gasteiger partial charge is 0.140 e. The Morgan fingerprint density at radius 2 is 2.14 bits per heavy atom. The number of carbonyl (C=O) groups is 1. The maximum Gasteiger partial charge on any atom is 0.140 e. The highest BCUT2D eigenvalue weighted by molar-refractivity contribution is 5.87. The van der Waals surface area contributed by atoms with Crippen LogP contribution in [-0.2, 0) is 11.2 Å². The van der Waals surface area contributed by atoms with E-state index >= 15 is 0 Å². The van der Waals surface area contributed by atoms with Crippen LogP contribution in [0.5, 0.6) is 5.75 Å². The number of ether oxygens (including phenoxy) is 1. The number of methoxy groups -OCH3 is 1. The zero-order chi connectivity index (χ0) is 10.1. The summed E-state index contributed by atoms with van der Waals surface area (Å²) in [6, 6.07) is 6.01. The molecule has 0 radical (unpaired) electrons. The van der Waals surface area contributed by atoms with Gasteiger partial charge in [-0.05, 0) is 29.7 Å². The van der Waals surface area contributed by atoms with E-state index in [0.29, 0.717) is 12.2 Å². The third-order valence-electron chi connectivity index (χ3n) is 2.94. The maximum atomic E-state index is 11.5. The molecule has 0 N–H and O–H groups in total. The van der Waals surface area contributed by atoms with E-state index in [9.17, 15) is 4.79 Å². The van der Waals surface area contributed by atoms with Gasteiger partial charge >= 0.3 is 0 Å². The number of aryl methyl sites for hydroxylation is 1. The molecule has 1 aromatic carbocycles. The molecule has 1 atom stereocenters. The molecule has 2 nitrogen and oxygen atoms in total. The molecular formula is C12H14O2. The molecule has 0 heterocycles. The molecule has 1 aliphatic rings. The summed E-state index contributed by atoms with van der Waals surface area (Å²) >= 11 is 0. The fraction of sp³-hybridized carbons (Fsp3) is 0.417. The minimum Gasteiger partial charge on any atom is -0.497 e. The molecule has 0 saturated heterocycles. The first-order valence-electron chi connectivity index (χ1n) is 4.92. The molecule has 2 rings (SSSR count). The summed E-state index contributed by atoms with van der Waals surface area (Å²) in [5.74, 6) is 1.21. The highest BCUT2D eigenvalue weighted by atomic mass is 16.5. The van der Waals surface area contributed by atoms with Crippen LogP contribution in [0.1, 0.15) is 30.4 Å². The normalized spacial score (nSPS) is 20.4. The predicted octanol–water partition coefficient (Wildman–Crippen LogP) is 2.31. The topological polar surface area (TPSA) is 26.3 Å². The van der Waals surface area contributed by atoms with Crippen LogP contribution in [0.15, 0.2) is 18.2 Å². The Labute approximate surface area is 83.9 Å². The van der Waals surface area contributed by atoms with Crippen molar-refractivity contribution in [2.45, 2.75) is 25.7 Å². The van der Waals surface area contributed by atoms with Crippen molar-refractivity contribution >= 4 is 5.78 Å². The lowest BCUT2D eigenvalue weighted by Gasteiger charge is -2.21. The number of carbonyl (C=O) groups excluding carboxylic acids is 1. The summed E-state index contributed by atoms with van der Waals surface area (Å²) in [6.45, 7) is 1.97. The quantitative estimate of drug-likeness (QED) is 0.679. The average Bonchev–Trinajstić information content (AvgIpc) is 2.23. The summed E-state index contributed by atoms with van der Waals surface area (Å²) in [5, 5.41) is 0. The number of hydrogen-bond donors (Lipinski definition) is 0. The zero-order valence-corrected chi connectivity index (χ0v) is 8.54. The van der Waals surface area contributed by atoms with Crippen molar-refractivity contribution in [1.82, 2.24) is 0 Å². The zero-order valence-electron chi connectivity index (χ0n) is 8.54. The Balaban J connectivity index is 2.46. The predicted molar refractivity (Wildman–Crippen MR) is 54.7 cm³/mol. The van der Waals surface area contributed by atoms with Gasteiger partial charge in [0, 0.05) is 12.3 Å². The Bertz CT molecular complexity index is 369. The van der Waals surface area contributed by atoms with Gasteiger partial charge in [-0.3, -0.25) is 4.79 Å². The molecular weight excluding hydrogens is 176 g/mol. The van der Waals surface area contributed by atoms with Gasteiger partial charge in [-0.1, -0.05) is 13.0 Å². The minimum atomic E-state index is 0.0360. The van der Waals surface area contributed by atoms with Crippen molar-refractivity contribution in [3.8, 4) is 5.75 Å². The first-order chi connectivity index (χ1) is 6.72.